The van der Waals surface area contributed by atoms with Crippen molar-refractivity contribution in [2.75, 3.05) is 38.8 Å². The smallest absolute Gasteiger partial charge is 0.419 e. The number of ether oxygens (including phenoxy) is 3. The van der Waals surface area contributed by atoms with Gasteiger partial charge in [-0.3, -0.25) is 9.47 Å². The molecule has 2 aromatic carbocycles. The number of aryl methyl sites for hydroxylation is 1. The Labute approximate surface area is 244 Å². The van der Waals surface area contributed by atoms with Crippen molar-refractivity contribution in [3.05, 3.63) is 65.4 Å². The van der Waals surface area contributed by atoms with Crippen LogP contribution in [0.25, 0.3) is 16.7 Å². The van der Waals surface area contributed by atoms with Gasteiger partial charge in [-0.15, -0.1) is 0 Å². The molecule has 0 spiro atoms. The molecule has 0 aliphatic carbocycles. The van der Waals surface area contributed by atoms with E-state index in [0.29, 0.717) is 5.76 Å². The Morgan fingerprint density at radius 2 is 1.76 bits per heavy atom. The van der Waals surface area contributed by atoms with E-state index in [-0.39, 0.29) is 12.1 Å². The highest BCUT2D eigenvalue weighted by atomic mass is 16.6. The fraction of sp³-hybridized carbons (Fsp3) is 0.500. The van der Waals surface area contributed by atoms with Crippen molar-refractivity contribution in [1.29, 1.82) is 0 Å². The zero-order valence-electron chi connectivity index (χ0n) is 25.6. The van der Waals surface area contributed by atoms with Crippen LogP contribution in [0.3, 0.4) is 0 Å². The number of hydrogen-bond donors (Lipinski definition) is 0. The number of fused-ring (bicyclic) bond motifs is 1. The summed E-state index contributed by atoms with van der Waals surface area (Å²) in [5.74, 6) is 1.55. The Morgan fingerprint density at radius 3 is 2.44 bits per heavy atom. The first-order valence-electron chi connectivity index (χ1n) is 14.9. The fourth-order valence-electron chi connectivity index (χ4n) is 6.46. The van der Waals surface area contributed by atoms with E-state index in [9.17, 15) is 4.79 Å². The molecule has 3 heterocycles. The second kappa shape index (κ2) is 11.8. The van der Waals surface area contributed by atoms with Gasteiger partial charge >= 0.3 is 6.09 Å². The minimum absolute atomic E-state index is 0.276. The topological polar surface area (TPSA) is 56.2 Å². The van der Waals surface area contributed by atoms with E-state index in [0.717, 1.165) is 72.4 Å². The summed E-state index contributed by atoms with van der Waals surface area (Å²) < 4.78 is 18.8. The van der Waals surface area contributed by atoms with Crippen molar-refractivity contribution in [3.8, 4) is 5.75 Å². The van der Waals surface area contributed by atoms with Crippen molar-refractivity contribution in [1.82, 2.24) is 9.47 Å². The first kappa shape index (κ1) is 29.1. The standard InChI is InChI=1S/C34H45N3O4/c1-23-20-31(40-7)28(26-15-19-37(32(23)26)33(38)41-34(3,4)5)22-36-18-9-8-12-29(36)27-14-13-25(24(2)39-6)21-30(27)35-16-10-11-17-35/h13-15,19-21,29H,2,8-12,16-18,22H2,1,3-7H3. The number of benzene rings is 2. The van der Waals surface area contributed by atoms with Gasteiger partial charge in [0.1, 0.15) is 17.1 Å². The third kappa shape index (κ3) is 5.96. The Hall–Kier alpha value is -3.45. The normalized spacial score (nSPS) is 18.1. The Balaban J connectivity index is 1.55. The van der Waals surface area contributed by atoms with Crippen molar-refractivity contribution in [3.63, 3.8) is 0 Å². The molecule has 1 atom stereocenters. The minimum Gasteiger partial charge on any atom is -0.497 e. The van der Waals surface area contributed by atoms with Gasteiger partial charge in [0.2, 0.25) is 0 Å². The van der Waals surface area contributed by atoms with Gasteiger partial charge in [-0.25, -0.2) is 4.79 Å². The molecular weight excluding hydrogens is 514 g/mol. The second-order valence-electron chi connectivity index (χ2n) is 12.4. The molecule has 3 aromatic rings. The third-order valence-corrected chi connectivity index (χ3v) is 8.42. The van der Waals surface area contributed by atoms with Gasteiger partial charge in [0.25, 0.3) is 0 Å². The summed E-state index contributed by atoms with van der Waals surface area (Å²) in [4.78, 5) is 18.2. The van der Waals surface area contributed by atoms with Crippen LogP contribution in [0.2, 0.25) is 0 Å². The molecule has 2 saturated heterocycles. The molecular formula is C34H45N3O4. The summed E-state index contributed by atoms with van der Waals surface area (Å²) in [6.07, 6.45) is 7.35. The highest BCUT2D eigenvalue weighted by Crippen LogP contribution is 2.42. The zero-order valence-corrected chi connectivity index (χ0v) is 25.6. The number of hydrogen-bond acceptors (Lipinski definition) is 6. The van der Waals surface area contributed by atoms with E-state index in [1.807, 2.05) is 40.0 Å². The van der Waals surface area contributed by atoms with Crippen molar-refractivity contribution < 1.29 is 19.0 Å². The van der Waals surface area contributed by atoms with Crippen LogP contribution in [0.1, 0.15) is 81.2 Å². The first-order valence-corrected chi connectivity index (χ1v) is 14.9. The van der Waals surface area contributed by atoms with Gasteiger partial charge in [0, 0.05) is 54.1 Å². The number of carbonyl (C=O) groups excluding carboxylic acids is 1. The van der Waals surface area contributed by atoms with E-state index in [1.54, 1.807) is 18.8 Å². The van der Waals surface area contributed by atoms with Crippen LogP contribution in [0.15, 0.2) is 43.1 Å². The average Bonchev–Trinajstić information content (AvgIpc) is 3.64. The lowest BCUT2D eigenvalue weighted by molar-refractivity contribution is 0.0544. The Bertz CT molecular complexity index is 1430. The third-order valence-electron chi connectivity index (χ3n) is 8.42. The van der Waals surface area contributed by atoms with Gasteiger partial charge in [-0.2, -0.15) is 0 Å². The van der Waals surface area contributed by atoms with Crippen LogP contribution in [-0.4, -0.2) is 55.0 Å². The summed E-state index contributed by atoms with van der Waals surface area (Å²) >= 11 is 0. The number of anilines is 1. The molecule has 220 valence electrons. The highest BCUT2D eigenvalue weighted by Gasteiger charge is 2.30. The van der Waals surface area contributed by atoms with Gasteiger partial charge in [0.05, 0.1) is 19.7 Å². The second-order valence-corrected chi connectivity index (χ2v) is 12.4. The predicted molar refractivity (Wildman–Crippen MR) is 166 cm³/mol. The maximum absolute atomic E-state index is 13.1. The lowest BCUT2D eigenvalue weighted by atomic mass is 9.91. The van der Waals surface area contributed by atoms with Crippen LogP contribution < -0.4 is 9.64 Å². The zero-order chi connectivity index (χ0) is 29.3. The molecule has 0 N–H and O–H groups in total. The minimum atomic E-state index is -0.573. The maximum atomic E-state index is 13.1. The summed E-state index contributed by atoms with van der Waals surface area (Å²) in [6.45, 7) is 15.7. The van der Waals surface area contributed by atoms with Gasteiger partial charge in [-0.1, -0.05) is 25.1 Å². The average molecular weight is 560 g/mol. The summed E-state index contributed by atoms with van der Waals surface area (Å²) in [5, 5.41) is 1.03. The molecule has 2 aliphatic heterocycles. The monoisotopic (exact) mass is 559 g/mol. The number of likely N-dealkylation sites (tertiary alicyclic amines) is 1. The number of aromatic nitrogens is 1. The van der Waals surface area contributed by atoms with Crippen LogP contribution in [-0.2, 0) is 16.0 Å². The number of rotatable bonds is 7. The molecule has 1 aromatic heterocycles. The van der Waals surface area contributed by atoms with Crippen LogP contribution in [0.4, 0.5) is 10.5 Å². The van der Waals surface area contributed by atoms with Crippen molar-refractivity contribution in [2.24, 2.45) is 0 Å². The number of methoxy groups -OCH3 is 2. The molecule has 0 saturated carbocycles. The van der Waals surface area contributed by atoms with Crippen molar-refractivity contribution in [2.45, 2.75) is 78.0 Å². The van der Waals surface area contributed by atoms with E-state index in [1.165, 1.54) is 30.5 Å². The largest absolute Gasteiger partial charge is 0.497 e. The van der Waals surface area contributed by atoms with Crippen LogP contribution >= 0.6 is 0 Å². The molecule has 0 amide bonds. The lowest BCUT2D eigenvalue weighted by Crippen LogP contribution is -2.34. The molecule has 0 bridgehead atoms. The number of piperidine rings is 1. The first-order chi connectivity index (χ1) is 19.6. The predicted octanol–water partition coefficient (Wildman–Crippen LogP) is 7.69. The molecule has 0 radical (unpaired) electrons. The van der Waals surface area contributed by atoms with Crippen LogP contribution in [0, 0.1) is 6.92 Å². The van der Waals surface area contributed by atoms with E-state index < -0.39 is 5.60 Å². The van der Waals surface area contributed by atoms with E-state index >= 15 is 0 Å². The fourth-order valence-corrected chi connectivity index (χ4v) is 6.46. The maximum Gasteiger partial charge on any atom is 0.419 e. The SMILES string of the molecule is C=C(OC)c1ccc(C2CCCCN2Cc2c(OC)cc(C)c3c2ccn3C(=O)OC(C)(C)C)c(N2CCCC2)c1. The lowest BCUT2D eigenvalue weighted by Gasteiger charge is -2.38. The molecule has 7 nitrogen and oxygen atoms in total. The molecule has 2 aliphatic rings. The summed E-state index contributed by atoms with van der Waals surface area (Å²) in [7, 11) is 3.41. The summed E-state index contributed by atoms with van der Waals surface area (Å²) in [6, 6.07) is 11.1. The molecule has 5 rings (SSSR count). The molecule has 1 unspecified atom stereocenters. The Morgan fingerprint density at radius 1 is 1.02 bits per heavy atom. The van der Waals surface area contributed by atoms with Crippen molar-refractivity contribution >= 4 is 28.4 Å². The van der Waals surface area contributed by atoms with Gasteiger partial charge in [0.15, 0.2) is 0 Å². The highest BCUT2D eigenvalue weighted by molar-refractivity contribution is 5.95. The van der Waals surface area contributed by atoms with Gasteiger partial charge in [-0.05, 0) is 89.2 Å². The summed E-state index contributed by atoms with van der Waals surface area (Å²) in [5.41, 5.74) is 6.09. The van der Waals surface area contributed by atoms with E-state index in [2.05, 4.69) is 40.6 Å². The van der Waals surface area contributed by atoms with Crippen LogP contribution in [0.5, 0.6) is 5.75 Å². The quantitative estimate of drug-likeness (QED) is 0.277. The van der Waals surface area contributed by atoms with E-state index in [4.69, 9.17) is 14.2 Å². The Kier molecular flexibility index (Phi) is 8.37. The molecule has 2 fully saturated rings. The number of carbonyl (C=O) groups is 1. The number of nitrogens with zero attached hydrogens (tertiary/aromatic N) is 3. The molecule has 7 heteroatoms. The van der Waals surface area contributed by atoms with Gasteiger partial charge < -0.3 is 19.1 Å². The molecule has 41 heavy (non-hydrogen) atoms.